The number of methoxy groups -OCH3 is 1. The maximum Gasteiger partial charge on any atom is 0.371 e. The maximum atomic E-state index is 11.8. The predicted molar refractivity (Wildman–Crippen MR) is 65.0 cm³/mol. The molecule has 18 heavy (non-hydrogen) atoms. The number of sulfonamides is 1. The third-order valence-electron chi connectivity index (χ3n) is 1.97. The average molecular weight is 342 g/mol. The van der Waals surface area contributed by atoms with Crippen LogP contribution in [0.2, 0.25) is 0 Å². The molecule has 0 bridgehead atoms. The standard InChI is InChI=1S/C9H12BrNO6S/c1-16-4-2-3-11-18(14,15)7-5-6(9(12)13)17-8(7)10/h5,11H,2-4H2,1H3,(H,12,13). The lowest BCUT2D eigenvalue weighted by Gasteiger charge is -2.04. The number of rotatable bonds is 7. The highest BCUT2D eigenvalue weighted by Crippen LogP contribution is 2.25. The van der Waals surface area contributed by atoms with E-state index in [2.05, 4.69) is 20.7 Å². The molecule has 0 saturated heterocycles. The zero-order chi connectivity index (χ0) is 13.8. The number of carboxylic acid groups (broad SMARTS) is 1. The number of nitrogens with one attached hydrogen (secondary N) is 1. The van der Waals surface area contributed by atoms with Gasteiger partial charge in [-0.25, -0.2) is 17.9 Å². The lowest BCUT2D eigenvalue weighted by atomic mass is 10.5. The van der Waals surface area contributed by atoms with Gasteiger partial charge in [0.1, 0.15) is 4.90 Å². The van der Waals surface area contributed by atoms with Gasteiger partial charge in [0.2, 0.25) is 15.8 Å². The summed E-state index contributed by atoms with van der Waals surface area (Å²) in [5.74, 6) is -1.78. The molecule has 7 nitrogen and oxygen atoms in total. The molecule has 0 fully saturated rings. The molecular formula is C9H12BrNO6S. The molecule has 1 aromatic heterocycles. The molecule has 9 heteroatoms. The molecule has 0 radical (unpaired) electrons. The fourth-order valence-corrected chi connectivity index (χ4v) is 3.15. The SMILES string of the molecule is COCCCNS(=O)(=O)c1cc(C(=O)O)oc1Br. The molecule has 102 valence electrons. The number of furan rings is 1. The summed E-state index contributed by atoms with van der Waals surface area (Å²) in [6.07, 6.45) is 0.511. The Morgan fingerprint density at radius 2 is 2.28 bits per heavy atom. The summed E-state index contributed by atoms with van der Waals surface area (Å²) in [5.41, 5.74) is 0. The van der Waals surface area contributed by atoms with E-state index < -0.39 is 21.8 Å². The van der Waals surface area contributed by atoms with Crippen molar-refractivity contribution in [3.8, 4) is 0 Å². The first-order chi connectivity index (χ1) is 8.38. The van der Waals surface area contributed by atoms with Gasteiger partial charge < -0.3 is 14.3 Å². The number of halogens is 1. The second kappa shape index (κ2) is 6.32. The molecule has 0 aromatic carbocycles. The van der Waals surface area contributed by atoms with Crippen LogP contribution >= 0.6 is 15.9 Å². The van der Waals surface area contributed by atoms with Crippen LogP contribution in [-0.4, -0.2) is 39.8 Å². The smallest absolute Gasteiger partial charge is 0.371 e. The molecule has 0 aliphatic rings. The normalized spacial score (nSPS) is 11.7. The Balaban J connectivity index is 2.81. The quantitative estimate of drug-likeness (QED) is 0.718. The highest BCUT2D eigenvalue weighted by molar-refractivity contribution is 9.10. The highest BCUT2D eigenvalue weighted by atomic mass is 79.9. The number of aromatic carboxylic acids is 1. The second-order valence-corrected chi connectivity index (χ2v) is 5.75. The van der Waals surface area contributed by atoms with Crippen LogP contribution in [0.3, 0.4) is 0 Å². The van der Waals surface area contributed by atoms with E-state index in [4.69, 9.17) is 14.3 Å². The van der Waals surface area contributed by atoms with E-state index in [1.165, 1.54) is 7.11 Å². The fourth-order valence-electron chi connectivity index (χ4n) is 1.14. The van der Waals surface area contributed by atoms with Gasteiger partial charge in [-0.05, 0) is 22.4 Å². The van der Waals surface area contributed by atoms with Crippen LogP contribution in [0.4, 0.5) is 0 Å². The predicted octanol–water partition coefficient (Wildman–Crippen LogP) is 1.06. The Bertz CT molecular complexity index is 523. The van der Waals surface area contributed by atoms with E-state index in [-0.39, 0.29) is 16.1 Å². The topological polar surface area (TPSA) is 106 Å². The van der Waals surface area contributed by atoms with Crippen LogP contribution in [0.25, 0.3) is 0 Å². The molecule has 0 atom stereocenters. The van der Waals surface area contributed by atoms with Crippen LogP contribution < -0.4 is 4.72 Å². The van der Waals surface area contributed by atoms with E-state index in [0.29, 0.717) is 13.0 Å². The molecule has 2 N–H and O–H groups in total. The van der Waals surface area contributed by atoms with Crippen molar-refractivity contribution < 1.29 is 27.5 Å². The lowest BCUT2D eigenvalue weighted by molar-refractivity contribution is 0.0661. The molecule has 0 spiro atoms. The Morgan fingerprint density at radius 1 is 1.61 bits per heavy atom. The minimum Gasteiger partial charge on any atom is -0.475 e. The number of carbonyl (C=O) groups is 1. The Labute approximate surface area is 112 Å². The van der Waals surface area contributed by atoms with Crippen molar-refractivity contribution in [3.05, 3.63) is 16.5 Å². The molecule has 0 saturated carbocycles. The Morgan fingerprint density at radius 3 is 2.78 bits per heavy atom. The lowest BCUT2D eigenvalue weighted by Crippen LogP contribution is -2.25. The van der Waals surface area contributed by atoms with Gasteiger partial charge in [-0.3, -0.25) is 0 Å². The fraction of sp³-hybridized carbons (Fsp3) is 0.444. The number of hydrogen-bond donors (Lipinski definition) is 2. The summed E-state index contributed by atoms with van der Waals surface area (Å²) < 4.78 is 35.4. The van der Waals surface area contributed by atoms with E-state index >= 15 is 0 Å². The van der Waals surface area contributed by atoms with Crippen molar-refractivity contribution >= 4 is 31.9 Å². The van der Waals surface area contributed by atoms with Crippen molar-refractivity contribution in [1.82, 2.24) is 4.72 Å². The first kappa shape index (κ1) is 15.2. The van der Waals surface area contributed by atoms with Crippen molar-refractivity contribution in [2.75, 3.05) is 20.3 Å². The maximum absolute atomic E-state index is 11.8. The molecular weight excluding hydrogens is 330 g/mol. The van der Waals surface area contributed by atoms with Gasteiger partial charge in [-0.1, -0.05) is 0 Å². The van der Waals surface area contributed by atoms with Crippen molar-refractivity contribution in [2.45, 2.75) is 11.3 Å². The van der Waals surface area contributed by atoms with Gasteiger partial charge in [0.15, 0.2) is 4.67 Å². The Kier molecular flexibility index (Phi) is 5.32. The Hall–Kier alpha value is -0.900. The first-order valence-corrected chi connectivity index (χ1v) is 7.17. The minimum absolute atomic E-state index is 0.140. The summed E-state index contributed by atoms with van der Waals surface area (Å²) in [6, 6.07) is 0.949. The highest BCUT2D eigenvalue weighted by Gasteiger charge is 2.24. The monoisotopic (exact) mass is 341 g/mol. The number of ether oxygens (including phenoxy) is 1. The molecule has 0 unspecified atom stereocenters. The molecule has 0 aliphatic carbocycles. The van der Waals surface area contributed by atoms with Gasteiger partial charge in [-0.15, -0.1) is 0 Å². The summed E-state index contributed by atoms with van der Waals surface area (Å²) in [4.78, 5) is 10.4. The van der Waals surface area contributed by atoms with Gasteiger partial charge in [0, 0.05) is 26.3 Å². The van der Waals surface area contributed by atoms with Crippen LogP contribution in [0, 0.1) is 0 Å². The summed E-state index contributed by atoms with van der Waals surface area (Å²) in [5, 5.41) is 8.69. The molecule has 0 aliphatic heterocycles. The molecule has 1 heterocycles. The second-order valence-electron chi connectivity index (χ2n) is 3.30. The zero-order valence-corrected chi connectivity index (χ0v) is 11.9. The van der Waals surface area contributed by atoms with Gasteiger partial charge >= 0.3 is 5.97 Å². The van der Waals surface area contributed by atoms with Crippen LogP contribution in [0.15, 0.2) is 20.0 Å². The van der Waals surface area contributed by atoms with Crippen molar-refractivity contribution in [3.63, 3.8) is 0 Å². The van der Waals surface area contributed by atoms with Crippen molar-refractivity contribution in [1.29, 1.82) is 0 Å². The summed E-state index contributed by atoms with van der Waals surface area (Å²) in [6.45, 7) is 0.617. The number of carboxylic acids is 1. The molecule has 1 rings (SSSR count). The van der Waals surface area contributed by atoms with Crippen molar-refractivity contribution in [2.24, 2.45) is 0 Å². The van der Waals surface area contributed by atoms with Gasteiger partial charge in [-0.2, -0.15) is 0 Å². The zero-order valence-electron chi connectivity index (χ0n) is 9.47. The van der Waals surface area contributed by atoms with E-state index in [0.717, 1.165) is 6.07 Å². The van der Waals surface area contributed by atoms with E-state index in [1.54, 1.807) is 0 Å². The summed E-state index contributed by atoms with van der Waals surface area (Å²) >= 11 is 2.87. The number of hydrogen-bond acceptors (Lipinski definition) is 5. The van der Waals surface area contributed by atoms with Gasteiger partial charge in [0.05, 0.1) is 0 Å². The largest absolute Gasteiger partial charge is 0.475 e. The third-order valence-corrected chi connectivity index (χ3v) is 4.29. The van der Waals surface area contributed by atoms with E-state index in [1.807, 2.05) is 0 Å². The van der Waals surface area contributed by atoms with E-state index in [9.17, 15) is 13.2 Å². The van der Waals surface area contributed by atoms with Crippen LogP contribution in [0.1, 0.15) is 17.0 Å². The molecule has 0 amide bonds. The van der Waals surface area contributed by atoms with Crippen LogP contribution in [0.5, 0.6) is 0 Å². The first-order valence-electron chi connectivity index (χ1n) is 4.89. The molecule has 1 aromatic rings. The average Bonchev–Trinajstić information content (AvgIpc) is 2.68. The summed E-state index contributed by atoms with van der Waals surface area (Å²) in [7, 11) is -2.28. The third kappa shape index (κ3) is 3.80. The van der Waals surface area contributed by atoms with Crippen LogP contribution in [-0.2, 0) is 14.8 Å². The van der Waals surface area contributed by atoms with Gasteiger partial charge in [0.25, 0.3) is 0 Å². The minimum atomic E-state index is -3.79.